The molecule has 1 rings (SSSR count). The van der Waals surface area contributed by atoms with Crippen LogP contribution in [-0.2, 0) is 0 Å². The molecule has 29 heavy (non-hydrogen) atoms. The largest absolute Gasteiger partial charge is 0.492 e. The zero-order chi connectivity index (χ0) is 21.2. The van der Waals surface area contributed by atoms with Crippen LogP contribution in [0.25, 0.3) is 0 Å². The van der Waals surface area contributed by atoms with Crippen LogP contribution in [0.3, 0.4) is 0 Å². The van der Waals surface area contributed by atoms with E-state index >= 15 is 0 Å². The van der Waals surface area contributed by atoms with Gasteiger partial charge in [-0.15, -0.1) is 6.42 Å². The number of rotatable bonds is 18. The topological polar surface area (TPSA) is 18.5 Å². The van der Waals surface area contributed by atoms with E-state index in [0.717, 1.165) is 46.7 Å². The minimum atomic E-state index is 0.726. The van der Waals surface area contributed by atoms with Crippen molar-refractivity contribution in [2.24, 2.45) is 0 Å². The lowest BCUT2D eigenvalue weighted by atomic mass is 10.1. The molecule has 0 unspecified atom stereocenters. The van der Waals surface area contributed by atoms with Crippen LogP contribution in [0.5, 0.6) is 11.5 Å². The Morgan fingerprint density at radius 1 is 0.690 bits per heavy atom. The van der Waals surface area contributed by atoms with E-state index in [0.29, 0.717) is 0 Å². The number of hydrogen-bond donors (Lipinski definition) is 0. The molecule has 0 saturated carbocycles. The zero-order valence-electron chi connectivity index (χ0n) is 18.7. The Hall–Kier alpha value is -0.890. The molecule has 0 aromatic heterocycles. The SMILES string of the molecule is C#Cc1cc(OCCCCCCCCCCCC)c(I)cc1OCCCCCC. The Morgan fingerprint density at radius 3 is 1.66 bits per heavy atom. The lowest BCUT2D eigenvalue weighted by Gasteiger charge is -2.13. The molecule has 0 saturated heterocycles. The van der Waals surface area contributed by atoms with Crippen molar-refractivity contribution in [3.05, 3.63) is 21.3 Å². The highest BCUT2D eigenvalue weighted by molar-refractivity contribution is 14.1. The fraction of sp³-hybridized carbons (Fsp3) is 0.692. The molecule has 0 spiro atoms. The summed E-state index contributed by atoms with van der Waals surface area (Å²) in [4.78, 5) is 0. The van der Waals surface area contributed by atoms with Gasteiger partial charge in [0.05, 0.1) is 22.3 Å². The van der Waals surface area contributed by atoms with Crippen molar-refractivity contribution in [1.29, 1.82) is 0 Å². The van der Waals surface area contributed by atoms with Crippen molar-refractivity contribution < 1.29 is 9.47 Å². The third kappa shape index (κ3) is 12.4. The maximum absolute atomic E-state index is 6.01. The van der Waals surface area contributed by atoms with Gasteiger partial charge in [0.25, 0.3) is 0 Å². The minimum absolute atomic E-state index is 0.726. The number of terminal acetylenes is 1. The number of hydrogen-bond acceptors (Lipinski definition) is 2. The van der Waals surface area contributed by atoms with Gasteiger partial charge in [-0.05, 0) is 41.5 Å². The summed E-state index contributed by atoms with van der Waals surface area (Å²) in [6, 6.07) is 3.98. The van der Waals surface area contributed by atoms with Gasteiger partial charge in [0.2, 0.25) is 0 Å². The van der Waals surface area contributed by atoms with Crippen LogP contribution in [-0.4, -0.2) is 13.2 Å². The summed E-state index contributed by atoms with van der Waals surface area (Å²) in [6.45, 7) is 5.97. The Balaban J connectivity index is 2.24. The van der Waals surface area contributed by atoms with Crippen LogP contribution in [0.2, 0.25) is 0 Å². The van der Waals surface area contributed by atoms with Crippen molar-refractivity contribution in [3.63, 3.8) is 0 Å². The lowest BCUT2D eigenvalue weighted by Crippen LogP contribution is -2.03. The molecule has 0 N–H and O–H groups in total. The molecule has 0 amide bonds. The van der Waals surface area contributed by atoms with Crippen LogP contribution >= 0.6 is 22.6 Å². The average Bonchev–Trinajstić information content (AvgIpc) is 2.73. The van der Waals surface area contributed by atoms with Crippen LogP contribution in [0.4, 0.5) is 0 Å². The summed E-state index contributed by atoms with van der Waals surface area (Å²) in [6.07, 6.45) is 23.8. The van der Waals surface area contributed by atoms with E-state index in [1.54, 1.807) is 0 Å². The first-order valence-electron chi connectivity index (χ1n) is 11.8. The molecule has 0 aliphatic heterocycles. The van der Waals surface area contributed by atoms with E-state index in [1.165, 1.54) is 77.0 Å². The van der Waals surface area contributed by atoms with Crippen molar-refractivity contribution in [2.45, 2.75) is 104 Å². The molecule has 1 aromatic carbocycles. The van der Waals surface area contributed by atoms with E-state index in [-0.39, 0.29) is 0 Å². The number of benzene rings is 1. The van der Waals surface area contributed by atoms with Gasteiger partial charge in [0, 0.05) is 6.07 Å². The molecule has 164 valence electrons. The summed E-state index contributed by atoms with van der Waals surface area (Å²) >= 11 is 2.31. The second-order valence-electron chi connectivity index (χ2n) is 7.86. The van der Waals surface area contributed by atoms with Gasteiger partial charge in [-0.2, -0.15) is 0 Å². The van der Waals surface area contributed by atoms with Gasteiger partial charge in [-0.1, -0.05) is 96.8 Å². The van der Waals surface area contributed by atoms with Crippen molar-refractivity contribution >= 4 is 22.6 Å². The zero-order valence-corrected chi connectivity index (χ0v) is 20.9. The fourth-order valence-electron chi connectivity index (χ4n) is 3.36. The normalized spacial score (nSPS) is 10.7. The third-order valence-electron chi connectivity index (χ3n) is 5.20. The number of ether oxygens (including phenoxy) is 2. The molecule has 1 aromatic rings. The minimum Gasteiger partial charge on any atom is -0.492 e. The highest BCUT2D eigenvalue weighted by Crippen LogP contribution is 2.30. The monoisotopic (exact) mass is 512 g/mol. The van der Waals surface area contributed by atoms with E-state index in [4.69, 9.17) is 15.9 Å². The van der Waals surface area contributed by atoms with Gasteiger partial charge >= 0.3 is 0 Å². The smallest absolute Gasteiger partial charge is 0.136 e. The summed E-state index contributed by atoms with van der Waals surface area (Å²) < 4.78 is 13.0. The second-order valence-corrected chi connectivity index (χ2v) is 9.02. The first-order chi connectivity index (χ1) is 14.2. The van der Waals surface area contributed by atoms with Gasteiger partial charge in [-0.25, -0.2) is 0 Å². The van der Waals surface area contributed by atoms with Gasteiger partial charge in [0.15, 0.2) is 0 Å². The quantitative estimate of drug-likeness (QED) is 0.111. The second kappa shape index (κ2) is 17.9. The van der Waals surface area contributed by atoms with Crippen LogP contribution < -0.4 is 9.47 Å². The molecule has 0 atom stereocenters. The molecule has 0 radical (unpaired) electrons. The summed E-state index contributed by atoms with van der Waals surface area (Å²) in [5.74, 6) is 4.44. The fourth-order valence-corrected chi connectivity index (χ4v) is 3.95. The van der Waals surface area contributed by atoms with E-state index in [2.05, 4.69) is 42.4 Å². The summed E-state index contributed by atoms with van der Waals surface area (Å²) in [5.41, 5.74) is 0.791. The van der Waals surface area contributed by atoms with Crippen LogP contribution in [0, 0.1) is 15.9 Å². The van der Waals surface area contributed by atoms with Crippen LogP contribution in [0.1, 0.15) is 109 Å². The maximum Gasteiger partial charge on any atom is 0.136 e. The summed E-state index contributed by atoms with van der Waals surface area (Å²) in [7, 11) is 0. The Labute approximate surface area is 193 Å². The lowest BCUT2D eigenvalue weighted by molar-refractivity contribution is 0.294. The first kappa shape index (κ1) is 26.1. The molecule has 2 nitrogen and oxygen atoms in total. The number of unbranched alkanes of at least 4 members (excludes halogenated alkanes) is 12. The van der Waals surface area contributed by atoms with Gasteiger partial charge < -0.3 is 9.47 Å². The van der Waals surface area contributed by atoms with E-state index < -0.39 is 0 Å². The molecule has 0 heterocycles. The first-order valence-corrected chi connectivity index (χ1v) is 12.9. The highest BCUT2D eigenvalue weighted by atomic mass is 127. The van der Waals surface area contributed by atoms with Crippen LogP contribution in [0.15, 0.2) is 12.1 Å². The van der Waals surface area contributed by atoms with Crippen molar-refractivity contribution in [2.75, 3.05) is 13.2 Å². The molecule has 0 aliphatic carbocycles. The molecule has 0 bridgehead atoms. The van der Waals surface area contributed by atoms with Gasteiger partial charge in [-0.3, -0.25) is 0 Å². The number of halogens is 1. The van der Waals surface area contributed by atoms with E-state index in [9.17, 15) is 0 Å². The van der Waals surface area contributed by atoms with Gasteiger partial charge in [0.1, 0.15) is 11.5 Å². The molecular formula is C26H41IO2. The Kier molecular flexibility index (Phi) is 16.2. The highest BCUT2D eigenvalue weighted by Gasteiger charge is 2.09. The standard InChI is InChI=1S/C26H41IO2/c1-4-7-9-11-12-13-14-15-16-18-20-29-26-21-23(6-3)25(22-24(26)27)28-19-17-10-8-5-2/h3,21-22H,4-5,7-20H2,1-2H3. The van der Waals surface area contributed by atoms with Crippen molar-refractivity contribution in [3.8, 4) is 23.8 Å². The summed E-state index contributed by atoms with van der Waals surface area (Å²) in [5, 5.41) is 0. The van der Waals surface area contributed by atoms with Crippen molar-refractivity contribution in [1.82, 2.24) is 0 Å². The Morgan fingerprint density at radius 2 is 1.14 bits per heavy atom. The molecular weight excluding hydrogens is 471 g/mol. The Bertz CT molecular complexity index is 577. The maximum atomic E-state index is 6.01. The molecule has 3 heteroatoms. The predicted molar refractivity (Wildman–Crippen MR) is 134 cm³/mol. The third-order valence-corrected chi connectivity index (χ3v) is 6.04. The predicted octanol–water partition coefficient (Wildman–Crippen LogP) is 8.53. The van der Waals surface area contributed by atoms with E-state index in [1.807, 2.05) is 12.1 Å². The molecule has 0 aliphatic rings. The average molecular weight is 513 g/mol. The molecule has 0 fully saturated rings.